The molecule has 1 aromatic rings. The minimum absolute atomic E-state index is 0.405. The Bertz CT molecular complexity index is 292. The Balaban J connectivity index is 3.35. The van der Waals surface area contributed by atoms with E-state index in [-0.39, 0.29) is 0 Å². The van der Waals surface area contributed by atoms with Crippen molar-refractivity contribution in [2.75, 3.05) is 0 Å². The van der Waals surface area contributed by atoms with E-state index in [1.54, 1.807) is 12.1 Å². The van der Waals surface area contributed by atoms with Crippen LogP contribution in [0.5, 0.6) is 0 Å². The van der Waals surface area contributed by atoms with E-state index in [0.29, 0.717) is 11.1 Å². The van der Waals surface area contributed by atoms with E-state index >= 15 is 0 Å². The fourth-order valence-electron chi connectivity index (χ4n) is 0.842. The molecule has 0 radical (unpaired) electrons. The van der Waals surface area contributed by atoms with Gasteiger partial charge in [0.05, 0.1) is 0 Å². The van der Waals surface area contributed by atoms with Crippen molar-refractivity contribution in [3.63, 3.8) is 0 Å². The summed E-state index contributed by atoms with van der Waals surface area (Å²) >= 11 is 0. The number of hydrogen-bond acceptors (Lipinski definition) is 1. The largest absolute Gasteiger partial charge is 0.228 e. The predicted molar refractivity (Wildman–Crippen MR) is 44.4 cm³/mol. The number of rotatable bonds is 2. The zero-order valence-electron chi connectivity index (χ0n) is 6.05. The van der Waals surface area contributed by atoms with Crippen LogP contribution in [-0.4, -0.2) is 4.98 Å². The third-order valence-electron chi connectivity index (χ3n) is 1.40. The quantitative estimate of drug-likeness (QED) is 0.589. The topological polar surface area (TPSA) is 12.9 Å². The summed E-state index contributed by atoms with van der Waals surface area (Å²) in [4.78, 5) is 3.47. The molecule has 0 aliphatic carbocycles. The molecule has 0 aliphatic rings. The van der Waals surface area contributed by atoms with Gasteiger partial charge in [-0.25, -0.2) is 4.98 Å². The fraction of sp³-hybridized carbons (Fsp3) is 0. The van der Waals surface area contributed by atoms with Crippen molar-refractivity contribution >= 4 is 12.2 Å². The number of pyridine rings is 1. The van der Waals surface area contributed by atoms with Gasteiger partial charge in [-0.3, -0.25) is 0 Å². The summed E-state index contributed by atoms with van der Waals surface area (Å²) in [6.07, 6.45) is 4.40. The molecule has 0 N–H and O–H groups in total. The van der Waals surface area contributed by atoms with Crippen molar-refractivity contribution in [3.8, 4) is 0 Å². The van der Waals surface area contributed by atoms with Crippen molar-refractivity contribution in [1.82, 2.24) is 4.98 Å². The second kappa shape index (κ2) is 3.10. The Morgan fingerprint density at radius 2 is 2.09 bits per heavy atom. The normalized spacial score (nSPS) is 9.18. The molecule has 1 aromatic heterocycles. The molecule has 11 heavy (non-hydrogen) atoms. The Morgan fingerprint density at radius 1 is 1.36 bits per heavy atom. The van der Waals surface area contributed by atoms with Gasteiger partial charge >= 0.3 is 0 Å². The monoisotopic (exact) mass is 149 g/mol. The third kappa shape index (κ3) is 1.34. The van der Waals surface area contributed by atoms with Gasteiger partial charge in [0.25, 0.3) is 0 Å². The minimum atomic E-state index is -0.502. The maximum absolute atomic E-state index is 12.8. The summed E-state index contributed by atoms with van der Waals surface area (Å²) in [6.45, 7) is 7.01. The average molecular weight is 149 g/mol. The summed E-state index contributed by atoms with van der Waals surface area (Å²) < 4.78 is 12.8. The molecule has 1 heterocycles. The van der Waals surface area contributed by atoms with Crippen molar-refractivity contribution < 1.29 is 4.39 Å². The fourth-order valence-corrected chi connectivity index (χ4v) is 0.842. The summed E-state index contributed by atoms with van der Waals surface area (Å²) in [6, 6.07) is 1.69. The first-order valence-corrected chi connectivity index (χ1v) is 3.19. The van der Waals surface area contributed by atoms with Crippen LogP contribution in [0.25, 0.3) is 12.2 Å². The predicted octanol–water partition coefficient (Wildman–Crippen LogP) is 2.51. The maximum Gasteiger partial charge on any atom is 0.220 e. The van der Waals surface area contributed by atoms with E-state index in [4.69, 9.17) is 0 Å². The van der Waals surface area contributed by atoms with Crippen molar-refractivity contribution in [3.05, 3.63) is 42.5 Å². The van der Waals surface area contributed by atoms with E-state index in [1.807, 2.05) is 0 Å². The van der Waals surface area contributed by atoms with Gasteiger partial charge in [0.2, 0.25) is 5.95 Å². The van der Waals surface area contributed by atoms with Gasteiger partial charge in [-0.15, -0.1) is 0 Å². The second-order valence-electron chi connectivity index (χ2n) is 2.01. The number of nitrogens with zero attached hydrogens (tertiary/aromatic N) is 1. The van der Waals surface area contributed by atoms with Crippen LogP contribution < -0.4 is 0 Å². The zero-order valence-corrected chi connectivity index (χ0v) is 6.05. The molecule has 0 spiro atoms. The molecular weight excluding hydrogens is 141 g/mol. The lowest BCUT2D eigenvalue weighted by Gasteiger charge is -1.98. The van der Waals surface area contributed by atoms with Gasteiger partial charge in [-0.05, 0) is 11.6 Å². The van der Waals surface area contributed by atoms with Gasteiger partial charge in [-0.2, -0.15) is 4.39 Å². The molecule has 0 unspecified atom stereocenters. The average Bonchev–Trinajstić information content (AvgIpc) is 2.04. The molecule has 0 fully saturated rings. The highest BCUT2D eigenvalue weighted by molar-refractivity contribution is 5.62. The van der Waals surface area contributed by atoms with Crippen LogP contribution in [-0.2, 0) is 0 Å². The molecular formula is C9H8FN. The first-order valence-electron chi connectivity index (χ1n) is 3.19. The SMILES string of the molecule is C=Cc1ccnc(F)c1C=C. The highest BCUT2D eigenvalue weighted by atomic mass is 19.1. The summed E-state index contributed by atoms with van der Waals surface area (Å²) in [5.74, 6) is -0.502. The van der Waals surface area contributed by atoms with E-state index in [1.165, 1.54) is 12.3 Å². The summed E-state index contributed by atoms with van der Waals surface area (Å²) in [5.41, 5.74) is 1.12. The van der Waals surface area contributed by atoms with Crippen molar-refractivity contribution in [1.29, 1.82) is 0 Å². The van der Waals surface area contributed by atoms with Crippen molar-refractivity contribution in [2.24, 2.45) is 0 Å². The number of hydrogen-bond donors (Lipinski definition) is 0. The lowest BCUT2D eigenvalue weighted by Crippen LogP contribution is -1.89. The Kier molecular flexibility index (Phi) is 2.16. The maximum atomic E-state index is 12.8. The molecule has 1 rings (SSSR count). The molecule has 2 heteroatoms. The van der Waals surface area contributed by atoms with Gasteiger partial charge in [-0.1, -0.05) is 25.3 Å². The highest BCUT2D eigenvalue weighted by Crippen LogP contribution is 2.12. The molecule has 0 amide bonds. The molecule has 0 atom stereocenters. The van der Waals surface area contributed by atoms with E-state index in [0.717, 1.165) is 0 Å². The van der Waals surface area contributed by atoms with Gasteiger partial charge < -0.3 is 0 Å². The van der Waals surface area contributed by atoms with Crippen LogP contribution in [0.1, 0.15) is 11.1 Å². The smallest absolute Gasteiger partial charge is 0.220 e. The molecule has 0 aromatic carbocycles. The van der Waals surface area contributed by atoms with Crippen LogP contribution in [0.4, 0.5) is 4.39 Å². The summed E-state index contributed by atoms with van der Waals surface area (Å²) in [5, 5.41) is 0. The standard InChI is InChI=1S/C9H8FN/c1-3-7-5-6-11-9(10)8(7)4-2/h3-6H,1-2H2. The molecule has 56 valence electrons. The van der Waals surface area contributed by atoms with Gasteiger partial charge in [0.1, 0.15) is 0 Å². The molecule has 0 saturated heterocycles. The third-order valence-corrected chi connectivity index (χ3v) is 1.40. The first-order chi connectivity index (χ1) is 5.29. The highest BCUT2D eigenvalue weighted by Gasteiger charge is 2.01. The van der Waals surface area contributed by atoms with Crippen LogP contribution in [0, 0.1) is 5.95 Å². The number of aromatic nitrogens is 1. The summed E-state index contributed by atoms with van der Waals surface area (Å²) in [7, 11) is 0. The Labute approximate surface area is 64.9 Å². The van der Waals surface area contributed by atoms with Crippen LogP contribution in [0.2, 0.25) is 0 Å². The van der Waals surface area contributed by atoms with Crippen molar-refractivity contribution in [2.45, 2.75) is 0 Å². The van der Waals surface area contributed by atoms with Crippen LogP contribution in [0.3, 0.4) is 0 Å². The first kappa shape index (κ1) is 7.66. The lowest BCUT2D eigenvalue weighted by molar-refractivity contribution is 0.580. The van der Waals surface area contributed by atoms with E-state index in [2.05, 4.69) is 18.1 Å². The van der Waals surface area contributed by atoms with Gasteiger partial charge in [0, 0.05) is 11.8 Å². The minimum Gasteiger partial charge on any atom is -0.228 e. The Morgan fingerprint density at radius 3 is 2.55 bits per heavy atom. The lowest BCUT2D eigenvalue weighted by atomic mass is 10.1. The molecule has 0 aliphatic heterocycles. The Hall–Kier alpha value is -1.44. The molecule has 1 nitrogen and oxygen atoms in total. The molecule has 0 saturated carbocycles. The van der Waals surface area contributed by atoms with E-state index < -0.39 is 5.95 Å². The van der Waals surface area contributed by atoms with Crippen LogP contribution >= 0.6 is 0 Å². The number of halogens is 1. The van der Waals surface area contributed by atoms with Gasteiger partial charge in [0.15, 0.2) is 0 Å². The van der Waals surface area contributed by atoms with Crippen LogP contribution in [0.15, 0.2) is 25.4 Å². The van der Waals surface area contributed by atoms with E-state index in [9.17, 15) is 4.39 Å². The second-order valence-corrected chi connectivity index (χ2v) is 2.01. The molecule has 0 bridgehead atoms. The zero-order chi connectivity index (χ0) is 8.27.